The van der Waals surface area contributed by atoms with Gasteiger partial charge in [0.25, 0.3) is 5.91 Å². The number of aromatic nitrogens is 2. The van der Waals surface area contributed by atoms with Crippen molar-refractivity contribution in [2.24, 2.45) is 5.92 Å². The van der Waals surface area contributed by atoms with E-state index in [2.05, 4.69) is 16.9 Å². The molecule has 1 saturated heterocycles. The largest absolute Gasteiger partial charge is 0.345 e. The number of hydrogen-bond donors (Lipinski definition) is 1. The molecule has 0 aromatic carbocycles. The van der Waals surface area contributed by atoms with Crippen molar-refractivity contribution >= 4 is 16.9 Å². The van der Waals surface area contributed by atoms with Crippen molar-refractivity contribution < 1.29 is 4.79 Å². The van der Waals surface area contributed by atoms with Gasteiger partial charge >= 0.3 is 0 Å². The first kappa shape index (κ1) is 14.1. The van der Waals surface area contributed by atoms with E-state index in [1.54, 1.807) is 12.4 Å². The molecule has 3 rings (SSSR count). The van der Waals surface area contributed by atoms with Crippen molar-refractivity contribution in [3.8, 4) is 0 Å². The minimum atomic E-state index is 0.145. The Morgan fingerprint density at radius 1 is 1.43 bits per heavy atom. The highest BCUT2D eigenvalue weighted by atomic mass is 16.2. The van der Waals surface area contributed by atoms with Crippen LogP contribution < -0.4 is 0 Å². The summed E-state index contributed by atoms with van der Waals surface area (Å²) >= 11 is 0. The molecule has 1 amide bonds. The molecule has 2 aromatic rings. The molecule has 4 nitrogen and oxygen atoms in total. The van der Waals surface area contributed by atoms with Gasteiger partial charge in [-0.15, -0.1) is 0 Å². The highest BCUT2D eigenvalue weighted by Gasteiger charge is 2.23. The number of pyridine rings is 1. The van der Waals surface area contributed by atoms with Gasteiger partial charge in [-0.25, -0.2) is 4.98 Å². The van der Waals surface area contributed by atoms with Crippen molar-refractivity contribution in [3.05, 3.63) is 30.1 Å². The monoisotopic (exact) mass is 285 g/mol. The van der Waals surface area contributed by atoms with E-state index in [1.165, 1.54) is 19.3 Å². The third-order valence-corrected chi connectivity index (χ3v) is 4.51. The van der Waals surface area contributed by atoms with Crippen molar-refractivity contribution in [1.82, 2.24) is 14.9 Å². The van der Waals surface area contributed by atoms with Gasteiger partial charge in [0.15, 0.2) is 0 Å². The maximum atomic E-state index is 12.8. The Kier molecular flexibility index (Phi) is 4.23. The quantitative estimate of drug-likeness (QED) is 0.936. The molecule has 112 valence electrons. The number of hydrogen-bond acceptors (Lipinski definition) is 2. The predicted octanol–water partition coefficient (Wildman–Crippen LogP) is 3.61. The second-order valence-corrected chi connectivity index (χ2v) is 5.98. The molecule has 1 aliphatic rings. The number of H-pyrrole nitrogens is 1. The number of rotatable bonds is 3. The number of fused-ring (bicyclic) bond motifs is 1. The van der Waals surface area contributed by atoms with Gasteiger partial charge in [0, 0.05) is 30.9 Å². The Morgan fingerprint density at radius 3 is 3.19 bits per heavy atom. The van der Waals surface area contributed by atoms with Gasteiger partial charge in [0.05, 0.1) is 5.56 Å². The van der Waals surface area contributed by atoms with Gasteiger partial charge in [-0.2, -0.15) is 0 Å². The van der Waals surface area contributed by atoms with E-state index < -0.39 is 0 Å². The lowest BCUT2D eigenvalue weighted by atomic mass is 9.96. The number of likely N-dealkylation sites (tertiary alicyclic amines) is 1. The SMILES string of the molecule is CCCC1CCCN(C(=O)c2c[nH]c3ncccc23)CC1. The summed E-state index contributed by atoms with van der Waals surface area (Å²) in [5, 5.41) is 0.928. The van der Waals surface area contributed by atoms with Crippen molar-refractivity contribution in [1.29, 1.82) is 0 Å². The van der Waals surface area contributed by atoms with Crippen LogP contribution in [0.25, 0.3) is 11.0 Å². The Bertz CT molecular complexity index is 619. The molecule has 21 heavy (non-hydrogen) atoms. The van der Waals surface area contributed by atoms with E-state index in [9.17, 15) is 4.79 Å². The Hall–Kier alpha value is -1.84. The zero-order valence-corrected chi connectivity index (χ0v) is 12.6. The molecule has 1 fully saturated rings. The van der Waals surface area contributed by atoms with Crippen LogP contribution in [-0.2, 0) is 0 Å². The number of carbonyl (C=O) groups excluding carboxylic acids is 1. The summed E-state index contributed by atoms with van der Waals surface area (Å²) in [6, 6.07) is 3.84. The summed E-state index contributed by atoms with van der Waals surface area (Å²) in [6.07, 6.45) is 9.60. The topological polar surface area (TPSA) is 49.0 Å². The lowest BCUT2D eigenvalue weighted by Gasteiger charge is -2.20. The molecule has 0 spiro atoms. The average molecular weight is 285 g/mol. The van der Waals surface area contributed by atoms with Gasteiger partial charge in [-0.3, -0.25) is 4.79 Å². The standard InChI is InChI=1S/C17H23N3O/c1-2-5-13-6-4-10-20(11-8-13)17(21)15-12-19-16-14(15)7-3-9-18-16/h3,7,9,12-13H,2,4-6,8,10-11H2,1H3,(H,18,19). The number of amides is 1. The molecular formula is C17H23N3O. The van der Waals surface area contributed by atoms with Crippen molar-refractivity contribution in [2.75, 3.05) is 13.1 Å². The van der Waals surface area contributed by atoms with Crippen LogP contribution in [0.1, 0.15) is 49.4 Å². The van der Waals surface area contributed by atoms with Crippen molar-refractivity contribution in [2.45, 2.75) is 39.0 Å². The van der Waals surface area contributed by atoms with E-state index in [0.717, 1.165) is 48.4 Å². The van der Waals surface area contributed by atoms with E-state index in [0.29, 0.717) is 0 Å². The first-order valence-corrected chi connectivity index (χ1v) is 8.01. The fraction of sp³-hybridized carbons (Fsp3) is 0.529. The molecule has 1 aliphatic heterocycles. The van der Waals surface area contributed by atoms with Crippen LogP contribution in [0.2, 0.25) is 0 Å². The zero-order chi connectivity index (χ0) is 14.7. The molecule has 3 heterocycles. The average Bonchev–Trinajstić information content (AvgIpc) is 2.80. The summed E-state index contributed by atoms with van der Waals surface area (Å²) in [4.78, 5) is 22.1. The summed E-state index contributed by atoms with van der Waals surface area (Å²) in [6.45, 7) is 4.01. The Labute approximate surface area is 125 Å². The fourth-order valence-corrected chi connectivity index (χ4v) is 3.37. The third kappa shape index (κ3) is 2.94. The first-order chi connectivity index (χ1) is 10.3. The Balaban J connectivity index is 1.76. The molecule has 1 atom stereocenters. The maximum absolute atomic E-state index is 12.8. The van der Waals surface area contributed by atoms with Crippen LogP contribution in [0.15, 0.2) is 24.5 Å². The molecular weight excluding hydrogens is 262 g/mol. The third-order valence-electron chi connectivity index (χ3n) is 4.51. The van der Waals surface area contributed by atoms with E-state index in [4.69, 9.17) is 0 Å². The fourth-order valence-electron chi connectivity index (χ4n) is 3.37. The molecule has 1 unspecified atom stereocenters. The second kappa shape index (κ2) is 6.29. The lowest BCUT2D eigenvalue weighted by molar-refractivity contribution is 0.0762. The minimum Gasteiger partial charge on any atom is -0.345 e. The van der Waals surface area contributed by atoms with Gasteiger partial charge < -0.3 is 9.88 Å². The summed E-state index contributed by atoms with van der Waals surface area (Å²) in [7, 11) is 0. The lowest BCUT2D eigenvalue weighted by Crippen LogP contribution is -2.31. The number of carbonyl (C=O) groups is 1. The summed E-state index contributed by atoms with van der Waals surface area (Å²) in [5.74, 6) is 0.934. The maximum Gasteiger partial charge on any atom is 0.256 e. The molecule has 0 radical (unpaired) electrons. The normalized spacial score (nSPS) is 19.7. The van der Waals surface area contributed by atoms with E-state index >= 15 is 0 Å². The van der Waals surface area contributed by atoms with Crippen LogP contribution >= 0.6 is 0 Å². The molecule has 4 heteroatoms. The number of nitrogens with zero attached hydrogens (tertiary/aromatic N) is 2. The van der Waals surface area contributed by atoms with Crippen LogP contribution in [0, 0.1) is 5.92 Å². The molecule has 1 N–H and O–H groups in total. The van der Waals surface area contributed by atoms with Crippen molar-refractivity contribution in [3.63, 3.8) is 0 Å². The summed E-state index contributed by atoms with van der Waals surface area (Å²) < 4.78 is 0. The minimum absolute atomic E-state index is 0.145. The highest BCUT2D eigenvalue weighted by Crippen LogP contribution is 2.24. The van der Waals surface area contributed by atoms with Gasteiger partial charge in [-0.1, -0.05) is 19.8 Å². The number of nitrogens with one attached hydrogen (secondary N) is 1. The van der Waals surface area contributed by atoms with E-state index in [1.807, 2.05) is 17.0 Å². The van der Waals surface area contributed by atoms with Gasteiger partial charge in [0.1, 0.15) is 5.65 Å². The van der Waals surface area contributed by atoms with Crippen LogP contribution in [0.5, 0.6) is 0 Å². The van der Waals surface area contributed by atoms with Crippen LogP contribution in [0.3, 0.4) is 0 Å². The van der Waals surface area contributed by atoms with Gasteiger partial charge in [0.2, 0.25) is 0 Å². The molecule has 0 bridgehead atoms. The first-order valence-electron chi connectivity index (χ1n) is 8.01. The smallest absolute Gasteiger partial charge is 0.256 e. The highest BCUT2D eigenvalue weighted by molar-refractivity contribution is 6.05. The van der Waals surface area contributed by atoms with Crippen LogP contribution in [0.4, 0.5) is 0 Å². The van der Waals surface area contributed by atoms with Crippen LogP contribution in [-0.4, -0.2) is 33.9 Å². The van der Waals surface area contributed by atoms with Gasteiger partial charge in [-0.05, 0) is 37.3 Å². The number of aromatic amines is 1. The summed E-state index contributed by atoms with van der Waals surface area (Å²) in [5.41, 5.74) is 1.55. The van der Waals surface area contributed by atoms with E-state index in [-0.39, 0.29) is 5.91 Å². The zero-order valence-electron chi connectivity index (χ0n) is 12.6. The molecule has 0 saturated carbocycles. The predicted molar refractivity (Wildman–Crippen MR) is 84.2 cm³/mol. The molecule has 0 aliphatic carbocycles. The second-order valence-electron chi connectivity index (χ2n) is 5.98. The molecule has 2 aromatic heterocycles. The Morgan fingerprint density at radius 2 is 2.33 bits per heavy atom.